The van der Waals surface area contributed by atoms with Gasteiger partial charge in [0.05, 0.1) is 6.61 Å². The summed E-state index contributed by atoms with van der Waals surface area (Å²) in [7, 11) is 0. The number of amides is 1. The van der Waals surface area contributed by atoms with Gasteiger partial charge in [-0.3, -0.25) is 19.6 Å². The quantitative estimate of drug-likeness (QED) is 0.240. The van der Waals surface area contributed by atoms with E-state index in [4.69, 9.17) is 15.3 Å². The average molecular weight is 363 g/mol. The van der Waals surface area contributed by atoms with E-state index in [2.05, 4.69) is 20.8 Å². The van der Waals surface area contributed by atoms with Crippen molar-refractivity contribution in [2.75, 3.05) is 25.1 Å². The number of nitrogens with two attached hydrogens (primary N) is 1. The van der Waals surface area contributed by atoms with Crippen LogP contribution in [-0.4, -0.2) is 42.7 Å². The molecule has 1 unspecified atom stereocenters. The molecule has 1 aromatic heterocycles. The van der Waals surface area contributed by atoms with E-state index in [0.29, 0.717) is 32.1 Å². The van der Waals surface area contributed by atoms with Crippen LogP contribution in [0.5, 0.6) is 0 Å². The lowest BCUT2D eigenvalue weighted by Gasteiger charge is -2.10. The zero-order valence-corrected chi connectivity index (χ0v) is 15.2. The first-order chi connectivity index (χ1) is 12.7. The lowest BCUT2D eigenvalue weighted by molar-refractivity contribution is -0.138. The minimum Gasteiger partial charge on any atom is -0.379 e. The van der Waals surface area contributed by atoms with E-state index >= 15 is 0 Å². The normalized spacial score (nSPS) is 17.2. The Labute approximate surface area is 154 Å². The van der Waals surface area contributed by atoms with Crippen molar-refractivity contribution in [2.24, 2.45) is 10.7 Å². The van der Waals surface area contributed by atoms with Crippen LogP contribution in [0.4, 0.5) is 5.69 Å². The van der Waals surface area contributed by atoms with Gasteiger partial charge in [-0.05, 0) is 25.0 Å². The maximum absolute atomic E-state index is 11.6. The summed E-state index contributed by atoms with van der Waals surface area (Å²) in [4.78, 5) is 25.2. The van der Waals surface area contributed by atoms with Gasteiger partial charge in [0.2, 0.25) is 5.91 Å². The molecule has 1 aliphatic rings. The van der Waals surface area contributed by atoms with Crippen molar-refractivity contribution in [3.8, 4) is 0 Å². The highest BCUT2D eigenvalue weighted by Crippen LogP contribution is 2.08. The molecule has 1 aliphatic heterocycles. The first kappa shape index (κ1) is 20.1. The molecule has 1 atom stereocenters. The number of anilines is 1. The van der Waals surface area contributed by atoms with Crippen LogP contribution in [0.15, 0.2) is 29.5 Å². The van der Waals surface area contributed by atoms with E-state index < -0.39 is 0 Å². The molecule has 2 rings (SSSR count). The Morgan fingerprint density at radius 1 is 1.27 bits per heavy atom. The largest absolute Gasteiger partial charge is 0.379 e. The van der Waals surface area contributed by atoms with E-state index in [-0.39, 0.29) is 12.0 Å². The van der Waals surface area contributed by atoms with Gasteiger partial charge in [-0.15, -0.1) is 0 Å². The average Bonchev–Trinajstić information content (AvgIpc) is 3.16. The molecule has 8 nitrogen and oxygen atoms in total. The van der Waals surface area contributed by atoms with Crippen LogP contribution >= 0.6 is 0 Å². The van der Waals surface area contributed by atoms with E-state index in [1.807, 2.05) is 12.1 Å². The summed E-state index contributed by atoms with van der Waals surface area (Å²) in [6.45, 7) is 1.96. The second-order valence-corrected chi connectivity index (χ2v) is 6.27. The van der Waals surface area contributed by atoms with E-state index in [9.17, 15) is 4.79 Å². The van der Waals surface area contributed by atoms with Crippen molar-refractivity contribution in [3.63, 3.8) is 0 Å². The van der Waals surface area contributed by atoms with Gasteiger partial charge in [0, 0.05) is 44.1 Å². The number of rotatable bonds is 11. The molecule has 0 spiro atoms. The zero-order valence-electron chi connectivity index (χ0n) is 15.2. The molecule has 1 saturated heterocycles. The molecule has 1 aromatic rings. The number of guanidine groups is 1. The smallest absolute Gasteiger partial charge is 0.243 e. The third-order valence-corrected chi connectivity index (χ3v) is 4.02. The standard InChI is InChI=1S/C18H29N5O3/c19-18(22-15-7-11-20-12-8-15)21-10-5-3-1-2-4-6-17(24)23-26-16-9-13-25-14-16/h7-8,11-12,16H,1-6,9-10,13-14H2,(H,23,24)(H3,19,20,21,22). The molecule has 144 valence electrons. The van der Waals surface area contributed by atoms with Crippen molar-refractivity contribution in [3.05, 3.63) is 24.5 Å². The summed E-state index contributed by atoms with van der Waals surface area (Å²) in [5.41, 5.74) is 9.21. The number of hydrogen-bond acceptors (Lipinski definition) is 5. The molecule has 0 aliphatic carbocycles. The summed E-state index contributed by atoms with van der Waals surface area (Å²) >= 11 is 0. The Morgan fingerprint density at radius 2 is 2.04 bits per heavy atom. The van der Waals surface area contributed by atoms with Crippen LogP contribution in [-0.2, 0) is 14.4 Å². The molecule has 2 heterocycles. The lowest BCUT2D eigenvalue weighted by Crippen LogP contribution is -2.29. The summed E-state index contributed by atoms with van der Waals surface area (Å²) in [6.07, 6.45) is 9.76. The monoisotopic (exact) mass is 363 g/mol. The minimum atomic E-state index is -0.0588. The summed E-state index contributed by atoms with van der Waals surface area (Å²) < 4.78 is 5.18. The molecular weight excluding hydrogens is 334 g/mol. The van der Waals surface area contributed by atoms with Gasteiger partial charge < -0.3 is 15.8 Å². The number of pyridine rings is 1. The molecule has 4 N–H and O–H groups in total. The number of aliphatic imine (C=N–C) groups is 1. The van der Waals surface area contributed by atoms with Crippen LogP contribution in [0.25, 0.3) is 0 Å². The van der Waals surface area contributed by atoms with Crippen molar-refractivity contribution >= 4 is 17.6 Å². The second-order valence-electron chi connectivity index (χ2n) is 6.27. The highest BCUT2D eigenvalue weighted by atomic mass is 16.7. The molecule has 0 bridgehead atoms. The minimum absolute atomic E-state index is 0.0000108. The Morgan fingerprint density at radius 3 is 2.81 bits per heavy atom. The Bertz CT molecular complexity index is 547. The molecule has 0 saturated carbocycles. The fourth-order valence-corrected chi connectivity index (χ4v) is 2.56. The number of carbonyl (C=O) groups is 1. The van der Waals surface area contributed by atoms with Gasteiger partial charge in [0.25, 0.3) is 0 Å². The highest BCUT2D eigenvalue weighted by molar-refractivity contribution is 5.92. The fourth-order valence-electron chi connectivity index (χ4n) is 2.56. The van der Waals surface area contributed by atoms with Gasteiger partial charge in [-0.1, -0.05) is 19.3 Å². The molecule has 1 amide bonds. The van der Waals surface area contributed by atoms with Crippen molar-refractivity contribution in [1.29, 1.82) is 0 Å². The van der Waals surface area contributed by atoms with Crippen LogP contribution in [0.2, 0.25) is 0 Å². The Balaban J connectivity index is 1.41. The molecule has 1 fully saturated rings. The first-order valence-corrected chi connectivity index (χ1v) is 9.23. The second kappa shape index (κ2) is 12.2. The fraction of sp³-hybridized carbons (Fsp3) is 0.611. The zero-order chi connectivity index (χ0) is 18.5. The Hall–Kier alpha value is -2.19. The van der Waals surface area contributed by atoms with Crippen molar-refractivity contribution in [1.82, 2.24) is 10.5 Å². The van der Waals surface area contributed by atoms with Gasteiger partial charge >= 0.3 is 0 Å². The van der Waals surface area contributed by atoms with Crippen molar-refractivity contribution in [2.45, 2.75) is 51.0 Å². The van der Waals surface area contributed by atoms with Crippen LogP contribution < -0.4 is 16.5 Å². The van der Waals surface area contributed by atoms with Crippen LogP contribution in [0.3, 0.4) is 0 Å². The van der Waals surface area contributed by atoms with Crippen LogP contribution in [0.1, 0.15) is 44.9 Å². The molecule has 0 aromatic carbocycles. The maximum Gasteiger partial charge on any atom is 0.243 e. The number of ether oxygens (including phenoxy) is 1. The highest BCUT2D eigenvalue weighted by Gasteiger charge is 2.17. The third-order valence-electron chi connectivity index (χ3n) is 4.02. The number of hydroxylamine groups is 1. The number of unbranched alkanes of at least 4 members (excludes halogenated alkanes) is 4. The van der Waals surface area contributed by atoms with Gasteiger partial charge in [-0.25, -0.2) is 5.48 Å². The van der Waals surface area contributed by atoms with Gasteiger partial charge in [0.15, 0.2) is 5.96 Å². The topological polar surface area (TPSA) is 111 Å². The lowest BCUT2D eigenvalue weighted by atomic mass is 10.1. The van der Waals surface area contributed by atoms with Crippen molar-refractivity contribution < 1.29 is 14.4 Å². The predicted molar refractivity (Wildman–Crippen MR) is 101 cm³/mol. The number of carbonyl (C=O) groups excluding carboxylic acids is 1. The Kier molecular flexibility index (Phi) is 9.45. The molecular formula is C18H29N5O3. The third kappa shape index (κ3) is 8.77. The van der Waals surface area contributed by atoms with Gasteiger partial charge in [0.1, 0.15) is 6.10 Å². The van der Waals surface area contributed by atoms with E-state index in [0.717, 1.165) is 44.2 Å². The van der Waals surface area contributed by atoms with E-state index in [1.165, 1.54) is 0 Å². The maximum atomic E-state index is 11.6. The number of nitrogens with zero attached hydrogens (tertiary/aromatic N) is 2. The summed E-state index contributed by atoms with van der Waals surface area (Å²) in [6, 6.07) is 3.68. The van der Waals surface area contributed by atoms with E-state index in [1.54, 1.807) is 12.4 Å². The van der Waals surface area contributed by atoms with Gasteiger partial charge in [-0.2, -0.15) is 0 Å². The number of aromatic nitrogens is 1. The molecule has 0 radical (unpaired) electrons. The summed E-state index contributed by atoms with van der Waals surface area (Å²) in [5, 5.41) is 3.02. The first-order valence-electron chi connectivity index (χ1n) is 9.23. The molecule has 26 heavy (non-hydrogen) atoms. The molecule has 8 heteroatoms. The SMILES string of the molecule is NC(=NCCCCCCCC(=O)NOC1CCOC1)Nc1ccncc1. The number of nitrogens with one attached hydrogen (secondary N) is 2. The summed E-state index contributed by atoms with van der Waals surface area (Å²) in [5.74, 6) is 0.358. The van der Waals surface area contributed by atoms with Crippen LogP contribution in [0, 0.1) is 0 Å². The predicted octanol–water partition coefficient (Wildman–Crippen LogP) is 1.99. The number of hydrogen-bond donors (Lipinski definition) is 3.